The molecule has 0 saturated heterocycles. The van der Waals surface area contributed by atoms with Gasteiger partial charge in [0.05, 0.1) is 4.90 Å². The molecule has 1 aromatic carbocycles. The van der Waals surface area contributed by atoms with Gasteiger partial charge in [-0.1, -0.05) is 37.4 Å². The third-order valence-corrected chi connectivity index (χ3v) is 4.39. The van der Waals surface area contributed by atoms with Gasteiger partial charge in [-0.3, -0.25) is 0 Å². The van der Waals surface area contributed by atoms with E-state index >= 15 is 0 Å². The lowest BCUT2D eigenvalue weighted by Crippen LogP contribution is -2.24. The summed E-state index contributed by atoms with van der Waals surface area (Å²) < 4.78 is 26.3. The Kier molecular flexibility index (Phi) is 5.43. The largest absolute Gasteiger partial charge is 0.240 e. The SMILES string of the molecule is CCCCCNS(=O)(=O)c1ccc(C)c(Cl)c1. The van der Waals surface area contributed by atoms with Gasteiger partial charge < -0.3 is 0 Å². The van der Waals surface area contributed by atoms with Crippen LogP contribution >= 0.6 is 11.6 Å². The van der Waals surface area contributed by atoms with Crippen LogP contribution in [0.3, 0.4) is 0 Å². The van der Waals surface area contributed by atoms with Gasteiger partial charge in [-0.05, 0) is 31.0 Å². The predicted octanol–water partition coefficient (Wildman–Crippen LogP) is 3.12. The molecule has 0 aliphatic rings. The lowest BCUT2D eigenvalue weighted by molar-refractivity contribution is 0.576. The summed E-state index contributed by atoms with van der Waals surface area (Å²) in [6.45, 7) is 4.39. The van der Waals surface area contributed by atoms with Crippen molar-refractivity contribution in [2.45, 2.75) is 38.0 Å². The fourth-order valence-electron chi connectivity index (χ4n) is 1.41. The summed E-state index contributed by atoms with van der Waals surface area (Å²) in [4.78, 5) is 0.226. The summed E-state index contributed by atoms with van der Waals surface area (Å²) in [5, 5.41) is 0.474. The Labute approximate surface area is 108 Å². The molecule has 0 atom stereocenters. The molecule has 1 aromatic rings. The number of unbranched alkanes of at least 4 members (excludes halogenated alkanes) is 2. The van der Waals surface area contributed by atoms with E-state index < -0.39 is 10.0 Å². The van der Waals surface area contributed by atoms with E-state index in [4.69, 9.17) is 11.6 Å². The van der Waals surface area contributed by atoms with Crippen LogP contribution in [0.25, 0.3) is 0 Å². The number of aryl methyl sites for hydroxylation is 1. The first-order valence-corrected chi connectivity index (χ1v) is 7.59. The Hall–Kier alpha value is -0.580. The van der Waals surface area contributed by atoms with Crippen molar-refractivity contribution in [1.29, 1.82) is 0 Å². The molecule has 0 spiro atoms. The van der Waals surface area contributed by atoms with Crippen molar-refractivity contribution in [3.05, 3.63) is 28.8 Å². The van der Waals surface area contributed by atoms with Crippen LogP contribution in [-0.2, 0) is 10.0 Å². The van der Waals surface area contributed by atoms with Crippen molar-refractivity contribution < 1.29 is 8.42 Å². The van der Waals surface area contributed by atoms with Crippen LogP contribution in [0.15, 0.2) is 23.1 Å². The van der Waals surface area contributed by atoms with E-state index in [1.807, 2.05) is 6.92 Å². The highest BCUT2D eigenvalue weighted by Crippen LogP contribution is 2.19. The monoisotopic (exact) mass is 275 g/mol. The van der Waals surface area contributed by atoms with E-state index in [-0.39, 0.29) is 4.90 Å². The van der Waals surface area contributed by atoms with Gasteiger partial charge in [0.2, 0.25) is 10.0 Å². The van der Waals surface area contributed by atoms with Crippen LogP contribution in [0, 0.1) is 6.92 Å². The maximum atomic E-state index is 11.9. The fraction of sp³-hybridized carbons (Fsp3) is 0.500. The van der Waals surface area contributed by atoms with Crippen molar-refractivity contribution >= 4 is 21.6 Å². The number of hydrogen-bond acceptors (Lipinski definition) is 2. The topological polar surface area (TPSA) is 46.2 Å². The van der Waals surface area contributed by atoms with Crippen LogP contribution in [0.5, 0.6) is 0 Å². The molecule has 0 unspecified atom stereocenters. The zero-order valence-electron chi connectivity index (χ0n) is 10.2. The normalized spacial score (nSPS) is 11.7. The quantitative estimate of drug-likeness (QED) is 0.811. The Morgan fingerprint density at radius 2 is 2.00 bits per heavy atom. The molecular weight excluding hydrogens is 258 g/mol. The molecule has 0 heterocycles. The number of sulfonamides is 1. The summed E-state index contributed by atoms with van der Waals surface area (Å²) in [5.41, 5.74) is 0.872. The number of nitrogens with one attached hydrogen (secondary N) is 1. The van der Waals surface area contributed by atoms with Gasteiger partial charge in [0.1, 0.15) is 0 Å². The molecule has 0 aliphatic carbocycles. The average molecular weight is 276 g/mol. The van der Waals surface area contributed by atoms with Gasteiger partial charge in [-0.2, -0.15) is 0 Å². The standard InChI is InChI=1S/C12H18ClNO2S/c1-3-4-5-8-14-17(15,16)11-7-6-10(2)12(13)9-11/h6-7,9,14H,3-5,8H2,1-2H3. The van der Waals surface area contributed by atoms with E-state index in [1.54, 1.807) is 12.1 Å². The van der Waals surface area contributed by atoms with Gasteiger partial charge in [-0.25, -0.2) is 13.1 Å². The summed E-state index contributed by atoms with van der Waals surface area (Å²) in [6.07, 6.45) is 2.95. The average Bonchev–Trinajstić information content (AvgIpc) is 2.28. The summed E-state index contributed by atoms with van der Waals surface area (Å²) in [6, 6.07) is 4.77. The van der Waals surface area contributed by atoms with Gasteiger partial charge >= 0.3 is 0 Å². The smallest absolute Gasteiger partial charge is 0.211 e. The van der Waals surface area contributed by atoms with Crippen LogP contribution in [0.4, 0.5) is 0 Å². The summed E-state index contributed by atoms with van der Waals surface area (Å²) in [5.74, 6) is 0. The second-order valence-corrected chi connectivity index (χ2v) is 6.19. The highest BCUT2D eigenvalue weighted by Gasteiger charge is 2.13. The predicted molar refractivity (Wildman–Crippen MR) is 70.9 cm³/mol. The second kappa shape index (κ2) is 6.38. The molecule has 17 heavy (non-hydrogen) atoms. The minimum absolute atomic E-state index is 0.226. The Balaban J connectivity index is 2.72. The van der Waals surface area contributed by atoms with Gasteiger partial charge in [0.25, 0.3) is 0 Å². The number of hydrogen-bond donors (Lipinski definition) is 1. The van der Waals surface area contributed by atoms with Crippen molar-refractivity contribution in [3.8, 4) is 0 Å². The highest BCUT2D eigenvalue weighted by atomic mass is 35.5. The maximum Gasteiger partial charge on any atom is 0.240 e. The van der Waals surface area contributed by atoms with Crippen LogP contribution in [-0.4, -0.2) is 15.0 Å². The second-order valence-electron chi connectivity index (χ2n) is 4.02. The Bertz CT molecular complexity index is 471. The van der Waals surface area contributed by atoms with Crippen LogP contribution in [0.2, 0.25) is 5.02 Å². The van der Waals surface area contributed by atoms with Crippen molar-refractivity contribution in [2.24, 2.45) is 0 Å². The zero-order valence-corrected chi connectivity index (χ0v) is 11.7. The lowest BCUT2D eigenvalue weighted by Gasteiger charge is -2.07. The number of rotatable bonds is 6. The van der Waals surface area contributed by atoms with E-state index in [0.29, 0.717) is 11.6 Å². The first kappa shape index (κ1) is 14.5. The van der Waals surface area contributed by atoms with Gasteiger partial charge in [0, 0.05) is 11.6 Å². The first-order chi connectivity index (χ1) is 7.97. The molecular formula is C12H18ClNO2S. The molecule has 3 nitrogen and oxygen atoms in total. The lowest BCUT2D eigenvalue weighted by atomic mass is 10.2. The van der Waals surface area contributed by atoms with Crippen molar-refractivity contribution in [3.63, 3.8) is 0 Å². The molecule has 0 aliphatic heterocycles. The third kappa shape index (κ3) is 4.30. The number of halogens is 1. The Morgan fingerprint density at radius 1 is 1.29 bits per heavy atom. The van der Waals surface area contributed by atoms with Crippen LogP contribution in [0.1, 0.15) is 31.7 Å². The summed E-state index contributed by atoms with van der Waals surface area (Å²) >= 11 is 5.91. The zero-order chi connectivity index (χ0) is 12.9. The minimum Gasteiger partial charge on any atom is -0.211 e. The molecule has 0 radical (unpaired) electrons. The molecule has 0 bridgehead atoms. The number of benzene rings is 1. The Morgan fingerprint density at radius 3 is 2.59 bits per heavy atom. The van der Waals surface area contributed by atoms with E-state index in [2.05, 4.69) is 11.6 Å². The van der Waals surface area contributed by atoms with E-state index in [1.165, 1.54) is 6.07 Å². The highest BCUT2D eigenvalue weighted by molar-refractivity contribution is 7.89. The molecule has 1 N–H and O–H groups in total. The minimum atomic E-state index is -3.41. The van der Waals surface area contributed by atoms with Gasteiger partial charge in [-0.15, -0.1) is 0 Å². The molecule has 5 heteroatoms. The van der Waals surface area contributed by atoms with Crippen LogP contribution < -0.4 is 4.72 Å². The fourth-order valence-corrected chi connectivity index (χ4v) is 2.75. The van der Waals surface area contributed by atoms with E-state index in [0.717, 1.165) is 24.8 Å². The maximum absolute atomic E-state index is 11.9. The molecule has 0 aromatic heterocycles. The van der Waals surface area contributed by atoms with Gasteiger partial charge in [0.15, 0.2) is 0 Å². The molecule has 0 fully saturated rings. The third-order valence-electron chi connectivity index (χ3n) is 2.53. The first-order valence-electron chi connectivity index (χ1n) is 5.73. The van der Waals surface area contributed by atoms with E-state index in [9.17, 15) is 8.42 Å². The molecule has 96 valence electrons. The van der Waals surface area contributed by atoms with Crippen molar-refractivity contribution in [1.82, 2.24) is 4.72 Å². The molecule has 0 amide bonds. The summed E-state index contributed by atoms with van der Waals surface area (Å²) in [7, 11) is -3.41. The molecule has 0 saturated carbocycles. The molecule has 1 rings (SSSR count). The van der Waals surface area contributed by atoms with Crippen molar-refractivity contribution in [2.75, 3.05) is 6.54 Å².